The summed E-state index contributed by atoms with van der Waals surface area (Å²) in [7, 11) is 0. The number of nitrogens with one attached hydrogen (secondary N) is 3. The van der Waals surface area contributed by atoms with Crippen molar-refractivity contribution in [2.24, 2.45) is 5.92 Å². The van der Waals surface area contributed by atoms with Crippen molar-refractivity contribution in [3.05, 3.63) is 88.0 Å². The number of carbonyl (C=O) groups is 3. The average Bonchev–Trinajstić information content (AvgIpc) is 3.79. The molecular weight excluding hydrogens is 805 g/mol. The number of fused-ring (bicyclic) bond motifs is 2. The van der Waals surface area contributed by atoms with E-state index in [4.69, 9.17) is 23.7 Å². The standard InChI is InChI=1S/C43H54N8O11/c52-38(14-20-57-23-25-59-26-24-58-21-15-44-34-9-10-36(51(55)56)42-41(34)47-62-48-42)45-16-22-60-33-8-4-7-32(27-33)40(30-5-2-1-3-6-30)31-11-17-49(18-12-31)43(54)50-19-13-37-35(28-50)46-39(53)29-61-37/h1-10,27,31,35,37,40,44H,11-26,28-29H2,(H,45,52)(H,46,53)/t35-,37+,40-/m1/s1. The Morgan fingerprint density at radius 3 is 2.35 bits per heavy atom. The van der Waals surface area contributed by atoms with E-state index in [1.165, 1.54) is 11.6 Å². The molecule has 0 spiro atoms. The van der Waals surface area contributed by atoms with Crippen molar-refractivity contribution in [3.8, 4) is 5.75 Å². The molecule has 3 N–H and O–H groups in total. The molecule has 0 radical (unpaired) electrons. The zero-order chi connectivity index (χ0) is 43.1. The Bertz CT molecular complexity index is 2100. The summed E-state index contributed by atoms with van der Waals surface area (Å²) in [5, 5.41) is 27.5. The largest absolute Gasteiger partial charge is 0.492 e. The number of urea groups is 1. The Labute approximate surface area is 358 Å². The molecule has 0 bridgehead atoms. The molecule has 4 amide bonds. The van der Waals surface area contributed by atoms with Gasteiger partial charge in [0.25, 0.3) is 0 Å². The SMILES string of the molecule is O=C(CCOCCOCCOCCNc1ccc([N+](=O)[O-])c2nonc12)NCCOc1cccc([C@H](c2ccccc2)C2CCN(C(=O)N3CC[C@@H]4OCC(=O)N[C@@H]4C3)CC2)c1. The number of ether oxygens (including phenoxy) is 5. The highest BCUT2D eigenvalue weighted by Gasteiger charge is 2.39. The third kappa shape index (κ3) is 11.9. The Morgan fingerprint density at radius 2 is 1.56 bits per heavy atom. The van der Waals surface area contributed by atoms with E-state index in [1.807, 2.05) is 28.0 Å². The van der Waals surface area contributed by atoms with Gasteiger partial charge in [0, 0.05) is 51.1 Å². The minimum absolute atomic E-state index is 0.0261. The molecule has 7 rings (SSSR count). The number of aromatic nitrogens is 2. The lowest BCUT2D eigenvalue weighted by atomic mass is 9.76. The highest BCUT2D eigenvalue weighted by atomic mass is 16.6. The van der Waals surface area contributed by atoms with E-state index in [0.717, 1.165) is 24.2 Å². The number of anilines is 1. The lowest BCUT2D eigenvalue weighted by Crippen LogP contribution is -2.62. The smallest absolute Gasteiger partial charge is 0.320 e. The van der Waals surface area contributed by atoms with E-state index in [0.29, 0.717) is 96.9 Å². The van der Waals surface area contributed by atoms with Crippen LogP contribution in [0.2, 0.25) is 0 Å². The number of nitrogens with zero attached hydrogens (tertiary/aromatic N) is 5. The van der Waals surface area contributed by atoms with Crippen molar-refractivity contribution in [2.45, 2.75) is 43.7 Å². The van der Waals surface area contributed by atoms with Gasteiger partial charge in [0.1, 0.15) is 19.0 Å². The number of hydrogen-bond acceptors (Lipinski definition) is 14. The second-order valence-electron chi connectivity index (χ2n) is 15.4. The fourth-order valence-corrected chi connectivity index (χ4v) is 8.25. The maximum atomic E-state index is 13.6. The number of carbonyl (C=O) groups excluding carboxylic acids is 3. The summed E-state index contributed by atoms with van der Waals surface area (Å²) in [6.07, 6.45) is 2.61. The van der Waals surface area contributed by atoms with E-state index < -0.39 is 4.92 Å². The van der Waals surface area contributed by atoms with Gasteiger partial charge in [0.2, 0.25) is 17.3 Å². The molecular formula is C43H54N8O11. The Hall–Kier alpha value is -5.89. The summed E-state index contributed by atoms with van der Waals surface area (Å²) in [4.78, 5) is 52.3. The number of rotatable bonds is 21. The van der Waals surface area contributed by atoms with Gasteiger partial charge in [-0.15, -0.1) is 0 Å². The first-order valence-corrected chi connectivity index (χ1v) is 21.2. The quantitative estimate of drug-likeness (QED) is 0.0618. The van der Waals surface area contributed by atoms with Crippen LogP contribution in [0.5, 0.6) is 5.75 Å². The van der Waals surface area contributed by atoms with Crippen LogP contribution in [-0.2, 0) is 28.5 Å². The van der Waals surface area contributed by atoms with Crippen LogP contribution in [0.15, 0.2) is 71.4 Å². The van der Waals surface area contributed by atoms with Crippen LogP contribution < -0.4 is 20.7 Å². The molecule has 4 heterocycles. The van der Waals surface area contributed by atoms with Gasteiger partial charge in [-0.05, 0) is 64.8 Å². The fourth-order valence-electron chi connectivity index (χ4n) is 8.25. The molecule has 62 heavy (non-hydrogen) atoms. The van der Waals surface area contributed by atoms with Crippen LogP contribution in [-0.4, -0.2) is 147 Å². The molecule has 4 aromatic rings. The fraction of sp³-hybridized carbons (Fsp3) is 0.512. The number of nitro groups is 1. The van der Waals surface area contributed by atoms with Gasteiger partial charge in [-0.3, -0.25) is 19.7 Å². The van der Waals surface area contributed by atoms with Gasteiger partial charge in [0.15, 0.2) is 5.52 Å². The van der Waals surface area contributed by atoms with Gasteiger partial charge in [0.05, 0.1) is 68.9 Å². The second kappa shape index (κ2) is 22.3. The molecule has 1 aromatic heterocycles. The second-order valence-corrected chi connectivity index (χ2v) is 15.4. The molecule has 0 aliphatic carbocycles. The van der Waals surface area contributed by atoms with E-state index >= 15 is 0 Å². The maximum absolute atomic E-state index is 13.6. The van der Waals surface area contributed by atoms with Crippen LogP contribution in [0.1, 0.15) is 42.7 Å². The zero-order valence-electron chi connectivity index (χ0n) is 34.6. The summed E-state index contributed by atoms with van der Waals surface area (Å²) in [6.45, 7) is 5.68. The number of non-ortho nitro benzene ring substituents is 1. The zero-order valence-corrected chi connectivity index (χ0v) is 34.6. The molecule has 332 valence electrons. The molecule has 19 nitrogen and oxygen atoms in total. The first kappa shape index (κ1) is 44.2. The normalized spacial score (nSPS) is 18.5. The van der Waals surface area contributed by atoms with Gasteiger partial charge in [-0.2, -0.15) is 0 Å². The van der Waals surface area contributed by atoms with E-state index in [2.05, 4.69) is 67.3 Å². The topological polar surface area (TPSA) is 222 Å². The Balaban J connectivity index is 0.749. The third-order valence-electron chi connectivity index (χ3n) is 11.3. The molecule has 3 aliphatic rings. The van der Waals surface area contributed by atoms with E-state index in [-0.39, 0.29) is 72.3 Å². The molecule has 3 fully saturated rings. The summed E-state index contributed by atoms with van der Waals surface area (Å²) >= 11 is 0. The molecule has 3 atom stereocenters. The summed E-state index contributed by atoms with van der Waals surface area (Å²) in [5.74, 6) is 0.909. The average molecular weight is 859 g/mol. The third-order valence-corrected chi connectivity index (χ3v) is 11.3. The van der Waals surface area contributed by atoms with Crippen molar-refractivity contribution in [2.75, 3.05) is 97.4 Å². The van der Waals surface area contributed by atoms with Gasteiger partial charge >= 0.3 is 11.7 Å². The number of morpholine rings is 1. The van der Waals surface area contributed by atoms with Gasteiger partial charge < -0.3 is 49.4 Å². The van der Waals surface area contributed by atoms with Gasteiger partial charge in [-0.25, -0.2) is 9.42 Å². The van der Waals surface area contributed by atoms with Crippen LogP contribution in [0.3, 0.4) is 0 Å². The van der Waals surface area contributed by atoms with Crippen LogP contribution in [0.4, 0.5) is 16.2 Å². The molecule has 0 unspecified atom stereocenters. The van der Waals surface area contributed by atoms with Crippen molar-refractivity contribution < 1.29 is 47.6 Å². The van der Waals surface area contributed by atoms with Crippen LogP contribution in [0.25, 0.3) is 11.0 Å². The Kier molecular flexibility index (Phi) is 15.9. The minimum atomic E-state index is -0.537. The predicted molar refractivity (Wildman–Crippen MR) is 225 cm³/mol. The lowest BCUT2D eigenvalue weighted by Gasteiger charge is -2.44. The molecule has 3 aromatic carbocycles. The number of likely N-dealkylation sites (tertiary alicyclic amines) is 2. The summed E-state index contributed by atoms with van der Waals surface area (Å²) < 4.78 is 33.1. The summed E-state index contributed by atoms with van der Waals surface area (Å²) in [5.41, 5.74) is 3.11. The maximum Gasteiger partial charge on any atom is 0.320 e. The molecule has 19 heteroatoms. The van der Waals surface area contributed by atoms with Crippen molar-refractivity contribution in [3.63, 3.8) is 0 Å². The van der Waals surface area contributed by atoms with Crippen molar-refractivity contribution in [1.29, 1.82) is 0 Å². The van der Waals surface area contributed by atoms with Crippen molar-refractivity contribution >= 4 is 40.3 Å². The predicted octanol–water partition coefficient (Wildman–Crippen LogP) is 3.73. The number of amides is 4. The van der Waals surface area contributed by atoms with Crippen LogP contribution in [0, 0.1) is 16.0 Å². The highest BCUT2D eigenvalue weighted by molar-refractivity contribution is 5.93. The Morgan fingerprint density at radius 1 is 0.839 bits per heavy atom. The van der Waals surface area contributed by atoms with Gasteiger partial charge in [-0.1, -0.05) is 42.5 Å². The van der Waals surface area contributed by atoms with E-state index in [1.54, 1.807) is 6.07 Å². The highest BCUT2D eigenvalue weighted by Crippen LogP contribution is 2.39. The number of hydrogen-bond donors (Lipinski definition) is 3. The lowest BCUT2D eigenvalue weighted by molar-refractivity contribution is -0.383. The molecule has 0 saturated carbocycles. The first-order chi connectivity index (χ1) is 30.3. The number of piperidine rings is 2. The van der Waals surface area contributed by atoms with Crippen molar-refractivity contribution in [1.82, 2.24) is 30.7 Å². The first-order valence-electron chi connectivity index (χ1n) is 21.2. The molecule has 3 saturated heterocycles. The van der Waals surface area contributed by atoms with E-state index in [9.17, 15) is 24.5 Å². The number of benzene rings is 3. The summed E-state index contributed by atoms with van der Waals surface area (Å²) in [6, 6.07) is 21.4. The molecule has 3 aliphatic heterocycles. The number of nitro benzene ring substituents is 1. The monoisotopic (exact) mass is 858 g/mol. The minimum Gasteiger partial charge on any atom is -0.492 e. The van der Waals surface area contributed by atoms with Crippen LogP contribution >= 0.6 is 0 Å².